The van der Waals surface area contributed by atoms with Gasteiger partial charge < -0.3 is 15.3 Å². The van der Waals surface area contributed by atoms with Crippen molar-refractivity contribution in [2.24, 2.45) is 13.0 Å². The van der Waals surface area contributed by atoms with Gasteiger partial charge in [0.25, 0.3) is 5.91 Å². The quantitative estimate of drug-likeness (QED) is 0.786. The monoisotopic (exact) mass is 302 g/mol. The second-order valence-electron chi connectivity index (χ2n) is 5.34. The molecule has 116 valence electrons. The summed E-state index contributed by atoms with van der Waals surface area (Å²) in [6.45, 7) is 1.26. The van der Waals surface area contributed by atoms with Crippen molar-refractivity contribution in [1.29, 1.82) is 0 Å². The van der Waals surface area contributed by atoms with Gasteiger partial charge in [0, 0.05) is 45.1 Å². The van der Waals surface area contributed by atoms with Crippen LogP contribution in [-0.4, -0.2) is 56.5 Å². The van der Waals surface area contributed by atoms with Gasteiger partial charge in [0.1, 0.15) is 17.8 Å². The summed E-state index contributed by atoms with van der Waals surface area (Å²) in [7, 11) is 1.72. The van der Waals surface area contributed by atoms with Crippen molar-refractivity contribution in [3.63, 3.8) is 0 Å². The van der Waals surface area contributed by atoms with E-state index in [9.17, 15) is 9.90 Å². The van der Waals surface area contributed by atoms with Crippen molar-refractivity contribution in [3.8, 4) is 0 Å². The highest BCUT2D eigenvalue weighted by Gasteiger charge is 2.34. The van der Waals surface area contributed by atoms with Crippen LogP contribution in [0.3, 0.4) is 0 Å². The van der Waals surface area contributed by atoms with Crippen LogP contribution in [0.15, 0.2) is 30.9 Å². The molecule has 0 saturated carbocycles. The summed E-state index contributed by atoms with van der Waals surface area (Å²) in [5.41, 5.74) is 0.497. The minimum atomic E-state index is -0.187. The molecule has 0 radical (unpaired) electrons. The average molecular weight is 302 g/mol. The molecule has 0 aliphatic carbocycles. The van der Waals surface area contributed by atoms with Gasteiger partial charge in [-0.1, -0.05) is 0 Å². The molecule has 0 aromatic carbocycles. The lowest BCUT2D eigenvalue weighted by Gasteiger charge is -2.18. The van der Waals surface area contributed by atoms with Gasteiger partial charge in [0.15, 0.2) is 0 Å². The average Bonchev–Trinajstić information content (AvgIpc) is 3.14. The van der Waals surface area contributed by atoms with E-state index in [1.54, 1.807) is 25.5 Å². The maximum atomic E-state index is 12.3. The van der Waals surface area contributed by atoms with Gasteiger partial charge in [-0.2, -0.15) is 5.10 Å². The van der Waals surface area contributed by atoms with Gasteiger partial charge in [-0.25, -0.2) is 9.97 Å². The summed E-state index contributed by atoms with van der Waals surface area (Å²) in [4.78, 5) is 22.4. The number of aliphatic hydroxyl groups excluding tert-OH is 1. The van der Waals surface area contributed by atoms with E-state index in [2.05, 4.69) is 20.4 Å². The summed E-state index contributed by atoms with van der Waals surface area (Å²) in [5.74, 6) is 0.575. The lowest BCUT2D eigenvalue weighted by atomic mass is 10.1. The molecule has 22 heavy (non-hydrogen) atoms. The fourth-order valence-electron chi connectivity index (χ4n) is 2.72. The molecule has 2 aromatic heterocycles. The van der Waals surface area contributed by atoms with E-state index < -0.39 is 0 Å². The first-order valence-electron chi connectivity index (χ1n) is 7.09. The third-order valence-electron chi connectivity index (χ3n) is 3.94. The van der Waals surface area contributed by atoms with E-state index >= 15 is 0 Å². The molecule has 2 aromatic rings. The van der Waals surface area contributed by atoms with Gasteiger partial charge in [0.2, 0.25) is 0 Å². The predicted octanol–water partition coefficient (Wildman–Crippen LogP) is -0.563. The number of rotatable bonds is 4. The number of aromatic nitrogens is 4. The summed E-state index contributed by atoms with van der Waals surface area (Å²) in [5, 5.41) is 16.5. The van der Waals surface area contributed by atoms with E-state index in [1.807, 2.05) is 11.0 Å². The Morgan fingerprint density at radius 1 is 1.41 bits per heavy atom. The minimum Gasteiger partial charge on any atom is -0.396 e. The van der Waals surface area contributed by atoms with E-state index in [1.165, 1.54) is 11.0 Å². The standard InChI is InChI=1S/C14H18N6O2/c1-19-12(2-5-17-19)14(22)18-11-7-20(6-10(11)8-21)13-3-4-15-9-16-13/h2-5,9-11,21H,6-8H2,1H3,(H,18,22)/t10-,11+/m0/s1. The zero-order valence-corrected chi connectivity index (χ0v) is 12.3. The first kappa shape index (κ1) is 14.5. The molecule has 1 aliphatic rings. The summed E-state index contributed by atoms with van der Waals surface area (Å²) in [6.07, 6.45) is 4.75. The van der Waals surface area contributed by atoms with Crippen molar-refractivity contribution >= 4 is 11.7 Å². The topological polar surface area (TPSA) is 96.2 Å². The van der Waals surface area contributed by atoms with Crippen LogP contribution in [-0.2, 0) is 7.05 Å². The minimum absolute atomic E-state index is 0.0118. The Hall–Kier alpha value is -2.48. The molecule has 3 heterocycles. The van der Waals surface area contributed by atoms with E-state index in [0.717, 1.165) is 5.82 Å². The van der Waals surface area contributed by atoms with Crippen LogP contribution in [0.5, 0.6) is 0 Å². The molecule has 0 bridgehead atoms. The normalized spacial score (nSPS) is 21.1. The zero-order chi connectivity index (χ0) is 15.5. The predicted molar refractivity (Wildman–Crippen MR) is 79.3 cm³/mol. The summed E-state index contributed by atoms with van der Waals surface area (Å²) >= 11 is 0. The third kappa shape index (κ3) is 2.77. The lowest BCUT2D eigenvalue weighted by Crippen LogP contribution is -2.42. The van der Waals surface area contributed by atoms with Gasteiger partial charge in [0.05, 0.1) is 6.04 Å². The number of carbonyl (C=O) groups excluding carboxylic acids is 1. The second kappa shape index (κ2) is 6.10. The lowest BCUT2D eigenvalue weighted by molar-refractivity contribution is 0.0912. The number of hydrogen-bond donors (Lipinski definition) is 2. The highest BCUT2D eigenvalue weighted by atomic mass is 16.3. The first-order chi connectivity index (χ1) is 10.7. The number of nitrogens with one attached hydrogen (secondary N) is 1. The van der Waals surface area contributed by atoms with Crippen LogP contribution in [0.25, 0.3) is 0 Å². The van der Waals surface area contributed by atoms with Crippen molar-refractivity contribution in [3.05, 3.63) is 36.5 Å². The highest BCUT2D eigenvalue weighted by Crippen LogP contribution is 2.22. The molecule has 0 spiro atoms. The molecular formula is C14H18N6O2. The largest absolute Gasteiger partial charge is 0.396 e. The fraction of sp³-hybridized carbons (Fsp3) is 0.429. The Bertz CT molecular complexity index is 644. The number of aliphatic hydroxyl groups is 1. The maximum Gasteiger partial charge on any atom is 0.269 e. The number of aryl methyl sites for hydroxylation is 1. The molecule has 8 heteroatoms. The highest BCUT2D eigenvalue weighted by molar-refractivity contribution is 5.92. The fourth-order valence-corrected chi connectivity index (χ4v) is 2.72. The molecule has 1 amide bonds. The molecule has 3 rings (SSSR count). The number of amides is 1. The van der Waals surface area contributed by atoms with E-state index in [-0.39, 0.29) is 24.5 Å². The molecule has 0 unspecified atom stereocenters. The molecule has 1 aliphatic heterocycles. The van der Waals surface area contributed by atoms with Gasteiger partial charge in [-0.15, -0.1) is 0 Å². The smallest absolute Gasteiger partial charge is 0.269 e. The molecule has 8 nitrogen and oxygen atoms in total. The van der Waals surface area contributed by atoms with Crippen LogP contribution in [0.4, 0.5) is 5.82 Å². The number of hydrogen-bond acceptors (Lipinski definition) is 6. The Labute approximate surface area is 127 Å². The zero-order valence-electron chi connectivity index (χ0n) is 12.3. The van der Waals surface area contributed by atoms with Crippen molar-refractivity contribution in [2.45, 2.75) is 6.04 Å². The first-order valence-corrected chi connectivity index (χ1v) is 7.09. The van der Waals surface area contributed by atoms with E-state index in [4.69, 9.17) is 0 Å². The Morgan fingerprint density at radius 3 is 2.91 bits per heavy atom. The van der Waals surface area contributed by atoms with Crippen LogP contribution in [0.2, 0.25) is 0 Å². The molecular weight excluding hydrogens is 284 g/mol. The van der Waals surface area contributed by atoms with Gasteiger partial charge in [-0.05, 0) is 12.1 Å². The number of nitrogens with zero attached hydrogens (tertiary/aromatic N) is 5. The third-order valence-corrected chi connectivity index (χ3v) is 3.94. The van der Waals surface area contributed by atoms with E-state index in [0.29, 0.717) is 18.8 Å². The Morgan fingerprint density at radius 2 is 2.27 bits per heavy atom. The number of anilines is 1. The van der Waals surface area contributed by atoms with Crippen LogP contribution in [0, 0.1) is 5.92 Å². The van der Waals surface area contributed by atoms with Crippen LogP contribution < -0.4 is 10.2 Å². The maximum absolute atomic E-state index is 12.3. The molecule has 2 atom stereocenters. The molecule has 1 fully saturated rings. The Kier molecular flexibility index (Phi) is 4.01. The van der Waals surface area contributed by atoms with Crippen molar-refractivity contribution < 1.29 is 9.90 Å². The van der Waals surface area contributed by atoms with Gasteiger partial charge in [-0.3, -0.25) is 9.48 Å². The van der Waals surface area contributed by atoms with Crippen molar-refractivity contribution in [1.82, 2.24) is 25.1 Å². The second-order valence-corrected chi connectivity index (χ2v) is 5.34. The molecule has 2 N–H and O–H groups in total. The van der Waals surface area contributed by atoms with Gasteiger partial charge >= 0.3 is 0 Å². The number of carbonyl (C=O) groups is 1. The molecule has 1 saturated heterocycles. The van der Waals surface area contributed by atoms with Crippen LogP contribution in [0.1, 0.15) is 10.5 Å². The Balaban J connectivity index is 1.71. The summed E-state index contributed by atoms with van der Waals surface area (Å²) in [6, 6.07) is 3.35. The van der Waals surface area contributed by atoms with Crippen LogP contribution >= 0.6 is 0 Å². The SMILES string of the molecule is Cn1nccc1C(=O)N[C@@H]1CN(c2ccncn2)C[C@H]1CO. The summed E-state index contributed by atoms with van der Waals surface area (Å²) < 4.78 is 1.53. The van der Waals surface area contributed by atoms with Crippen molar-refractivity contribution in [2.75, 3.05) is 24.6 Å².